The van der Waals surface area contributed by atoms with Gasteiger partial charge in [-0.3, -0.25) is 38.4 Å². The van der Waals surface area contributed by atoms with Gasteiger partial charge in [-0.05, 0) is 178 Å². The molecule has 8 heterocycles. The summed E-state index contributed by atoms with van der Waals surface area (Å²) in [6.45, 7) is 47.8. The molecule has 140 heavy (non-hydrogen) atoms. The number of phenols is 1. The molecular formula is C110H144N8O22. The Hall–Kier alpha value is -11.5. The first-order chi connectivity index (χ1) is 66.0. The molecule has 2 amide bonds. The van der Waals surface area contributed by atoms with Crippen LogP contribution in [0.25, 0.3) is 72.1 Å². The highest BCUT2D eigenvalue weighted by Crippen LogP contribution is 2.50. The van der Waals surface area contributed by atoms with E-state index in [-0.39, 0.29) is 153 Å². The summed E-state index contributed by atoms with van der Waals surface area (Å²) in [5.74, 6) is -9.81. The number of phenolic OH excluding ortho intramolecular Hbond substituents is 1. The van der Waals surface area contributed by atoms with Crippen molar-refractivity contribution in [1.29, 1.82) is 0 Å². The third kappa shape index (κ3) is 20.9. The number of esters is 2. The summed E-state index contributed by atoms with van der Waals surface area (Å²) in [5.41, 5.74) is 2.32. The van der Waals surface area contributed by atoms with Gasteiger partial charge in [-0.1, -0.05) is 120 Å². The number of amides is 2. The lowest BCUT2D eigenvalue weighted by atomic mass is 9.73. The molecule has 8 aliphatic rings. The molecule has 7 aliphatic heterocycles. The maximum atomic E-state index is 15.1. The van der Waals surface area contributed by atoms with Gasteiger partial charge in [0, 0.05) is 178 Å². The van der Waals surface area contributed by atoms with Gasteiger partial charge in [0.2, 0.25) is 16.3 Å². The van der Waals surface area contributed by atoms with Crippen LogP contribution in [-0.4, -0.2) is 197 Å². The molecule has 0 saturated carbocycles. The lowest BCUT2D eigenvalue weighted by Crippen LogP contribution is -2.45. The van der Waals surface area contributed by atoms with Crippen LogP contribution < -0.4 is 51.4 Å². The normalized spacial score (nSPS) is 29.1. The number of hydrogen-bond acceptors (Lipinski definition) is 28. The van der Waals surface area contributed by atoms with Gasteiger partial charge in [-0.15, -0.1) is 0 Å². The number of carbonyl (C=O) groups excluding carboxylic acids is 5. The molecule has 0 unspecified atom stereocenters. The van der Waals surface area contributed by atoms with Crippen LogP contribution in [0.3, 0.4) is 0 Å². The molecule has 6 aromatic rings. The number of aryl methyl sites for hydroxylation is 1. The highest BCUT2D eigenvalue weighted by Gasteiger charge is 2.51. The zero-order valence-electron chi connectivity index (χ0n) is 86.5. The SMILES string of the molecule is CO[C@H]1/C=C/O[C@@]2(C)Oc3c(C)c(O)c4c(=O)c(c5oc6cc(N7CCC(N(C)C(C)C)CC7)cc(=O)c6nc5c4c3=C2O)NC(=O)/C(C)=C\C=C\[C@H](C)[C@H](O)[C@@H](C)[C@@H](C)[C@@H](C)[C@H](OC(C)=O)[C@@H]1C.CO[C@H]1/C=C/O[C@@]2(C)Oc3c(C)cc4c(=O)c(c5oc6cc(N7CCC(N(C)C(C)C)CC7)cc(CC(C)C)c6nc-5c4c3C2=O)NC(=O)/C(C)=C\C=C\[C@H](C)[C@H](O)[C@@H](C)[C@@H](C)[C@@H](C)[C@H](OC(C)=O)[C@@H]1C. The highest BCUT2D eigenvalue weighted by molar-refractivity contribution is 6.22. The van der Waals surface area contributed by atoms with Crippen LogP contribution in [0.5, 0.6) is 17.2 Å². The Bertz CT molecular complexity index is 6490. The van der Waals surface area contributed by atoms with E-state index in [9.17, 15) is 49.2 Å². The number of benzene rings is 6. The number of aromatic nitrogens is 2. The van der Waals surface area contributed by atoms with E-state index in [0.717, 1.165) is 50.0 Å². The number of aromatic hydroxyl groups is 1. The van der Waals surface area contributed by atoms with Crippen molar-refractivity contribution in [3.05, 3.63) is 161 Å². The summed E-state index contributed by atoms with van der Waals surface area (Å²) in [7, 11) is 7.37. The fourth-order valence-corrected chi connectivity index (χ4v) is 21.1. The number of ether oxygens (including phenoxy) is 8. The smallest absolute Gasteiger partial charge is 0.312 e. The first-order valence-corrected chi connectivity index (χ1v) is 49.4. The van der Waals surface area contributed by atoms with Crippen LogP contribution in [0.15, 0.2) is 126 Å². The maximum Gasteiger partial charge on any atom is 0.312 e. The van der Waals surface area contributed by atoms with E-state index in [1.165, 1.54) is 60.3 Å². The van der Waals surface area contributed by atoms with Crippen molar-refractivity contribution >= 4 is 113 Å². The summed E-state index contributed by atoms with van der Waals surface area (Å²) in [4.78, 5) is 132. The van der Waals surface area contributed by atoms with Crippen molar-refractivity contribution in [2.45, 2.75) is 271 Å². The average Bonchev–Trinajstić information content (AvgIpc) is 1.46. The predicted octanol–water partition coefficient (Wildman–Crippen LogP) is 17.2. The minimum atomic E-state index is -1.94. The molecule has 14 rings (SSSR count). The first-order valence-electron chi connectivity index (χ1n) is 49.4. The number of allylic oxidation sites excluding steroid dienone is 4. The first kappa shape index (κ1) is 106. The number of Topliss-reactive ketones (excluding diaryl/α,β-unsaturated/α-hetero) is 1. The number of hydrogen-bond donors (Lipinski definition) is 6. The molecule has 1 aliphatic carbocycles. The number of anilines is 4. The average molecular weight is 1930 g/mol. The molecule has 0 radical (unpaired) electrons. The Morgan fingerprint density at radius 3 is 1.50 bits per heavy atom. The largest absolute Gasteiger partial charge is 0.507 e. The fraction of sp³-hybridized carbons (Fsp3) is 0.545. The molecule has 6 N–H and O–H groups in total. The van der Waals surface area contributed by atoms with Crippen molar-refractivity contribution < 1.29 is 91.1 Å². The second-order valence-electron chi connectivity index (χ2n) is 41.4. The van der Waals surface area contributed by atoms with E-state index in [0.29, 0.717) is 71.6 Å². The van der Waals surface area contributed by atoms with Crippen molar-refractivity contribution in [2.75, 3.05) is 74.9 Å². The number of ketones is 1. The van der Waals surface area contributed by atoms with E-state index in [4.69, 9.17) is 56.7 Å². The van der Waals surface area contributed by atoms with Crippen LogP contribution in [-0.2, 0) is 54.0 Å². The van der Waals surface area contributed by atoms with E-state index in [1.54, 1.807) is 82.5 Å². The maximum absolute atomic E-state index is 15.1. The topological polar surface area (TPSA) is 380 Å². The van der Waals surface area contributed by atoms with Gasteiger partial charge in [0.05, 0.1) is 53.1 Å². The van der Waals surface area contributed by atoms with E-state index >= 15 is 9.59 Å². The summed E-state index contributed by atoms with van der Waals surface area (Å²) in [6.07, 6.45) is 16.4. The van der Waals surface area contributed by atoms with Gasteiger partial charge < -0.3 is 97.4 Å². The van der Waals surface area contributed by atoms with Gasteiger partial charge >= 0.3 is 23.5 Å². The summed E-state index contributed by atoms with van der Waals surface area (Å²) < 4.78 is 62.5. The molecule has 2 fully saturated rings. The number of methoxy groups -OCH3 is 2. The van der Waals surface area contributed by atoms with Crippen molar-refractivity contribution in [3.63, 3.8) is 0 Å². The Morgan fingerprint density at radius 2 is 1.02 bits per heavy atom. The third-order valence-electron chi connectivity index (χ3n) is 31.0. The third-order valence-corrected chi connectivity index (χ3v) is 31.0. The van der Waals surface area contributed by atoms with Gasteiger partial charge in [-0.25, -0.2) is 9.97 Å². The minimum Gasteiger partial charge on any atom is -0.507 e. The molecule has 1 aromatic heterocycles. The molecule has 8 bridgehead atoms. The number of fused-ring (bicyclic) bond motifs is 4. The Kier molecular flexibility index (Phi) is 32.3. The zero-order chi connectivity index (χ0) is 103. The number of aliphatic hydroxyl groups is 3. The number of aliphatic hydroxyl groups excluding tert-OH is 3. The van der Waals surface area contributed by atoms with Crippen LogP contribution in [0.4, 0.5) is 22.7 Å². The Labute approximate surface area is 819 Å². The summed E-state index contributed by atoms with van der Waals surface area (Å²) >= 11 is 0. The quantitative estimate of drug-likeness (QED) is 0.0376. The standard InChI is InChI=1S/C57H76N4O10.C53H68N4O12/c1-29(2)25-39-27-41(61-22-19-40(20-23-61)60(14)30(3)4)28-44-47(39)58-48-45-42-26-33(7)52-46(45)55(65)57(13,71-52)68-24-21-43(67-15)37(11)53(69-38(12)62)36(10)34(8)35(9)50(63)31(5)17-16-18-32(6)56(66)59-49(51(42)64)54(48)70-44;1-25(2)56(12)34-17-20-57(21-18-34)35-23-36(59)42-38(24-35)68-50-43(54-42)39-40-46(61)32(9)49-41(39)51(63)53(11,69-49)66-22-19-37(65-13)31(8)48(67-33(10)58)30(7)28(5)29(6)45(60)26(3)15-14-16-27(4)52(64)55-44(50)47(40)62/h16-18,21,24,26-31,34-37,40,43,50,53,63H,19-20,22-23,25H2,1-15H3,(H,59,66);14-16,19,22-26,28-31,34,37,45,48,60-61,63H,17-18,20-21H2,1-13H3,(H,55,64)/b17-16+,24-21+,32-18-;15-14+,22-19+,27-16-/t31-,34+,35-,36+,37+,43-,50-,53-,57-;26-,28+,29-,30+,31+,37-,45-,48-,53-/m00/s1. The number of rotatable bonds is 12. The monoisotopic (exact) mass is 1930 g/mol. The highest BCUT2D eigenvalue weighted by atomic mass is 16.7. The van der Waals surface area contributed by atoms with E-state index in [2.05, 4.69) is 91.9 Å². The fourth-order valence-electron chi connectivity index (χ4n) is 21.1. The van der Waals surface area contributed by atoms with Gasteiger partial charge in [0.15, 0.2) is 33.8 Å². The van der Waals surface area contributed by atoms with Gasteiger partial charge in [-0.2, -0.15) is 0 Å². The molecule has 5 aromatic carbocycles. The number of piperidine rings is 2. The second kappa shape index (κ2) is 42.7. The molecule has 756 valence electrons. The molecule has 18 atom stereocenters. The predicted molar refractivity (Wildman–Crippen MR) is 545 cm³/mol. The van der Waals surface area contributed by atoms with E-state index in [1.807, 2.05) is 81.4 Å². The lowest BCUT2D eigenvalue weighted by Gasteiger charge is -2.39. The van der Waals surface area contributed by atoms with Crippen LogP contribution in [0.2, 0.25) is 0 Å². The molecule has 30 nitrogen and oxygen atoms in total. The summed E-state index contributed by atoms with van der Waals surface area (Å²) in [6, 6.07) is 10.7. The number of nitrogens with zero attached hydrogens (tertiary/aromatic N) is 6. The number of carbonyl (C=O) groups is 5. The molecule has 0 spiro atoms. The summed E-state index contributed by atoms with van der Waals surface area (Å²) in [5, 5.41) is 53.0. The van der Waals surface area contributed by atoms with Gasteiger partial charge in [0.25, 0.3) is 17.6 Å². The molecular weight excluding hydrogens is 1790 g/mol. The second-order valence-corrected chi connectivity index (χ2v) is 41.4. The van der Waals surface area contributed by atoms with E-state index < -0.39 is 117 Å². The molecule has 2 saturated heterocycles. The van der Waals surface area contributed by atoms with Crippen LogP contribution >= 0.6 is 0 Å². The Balaban J connectivity index is 0.000000236. The minimum absolute atomic E-state index is 0.0204. The van der Waals surface area contributed by atoms with Crippen LogP contribution in [0.1, 0.15) is 205 Å². The van der Waals surface area contributed by atoms with Crippen LogP contribution in [0, 0.1) is 78.9 Å². The molecule has 30 heteroatoms. The Morgan fingerprint density at radius 1 is 0.550 bits per heavy atom. The number of nitrogens with one attached hydrogen (secondary N) is 2. The zero-order valence-corrected chi connectivity index (χ0v) is 86.5. The van der Waals surface area contributed by atoms with Gasteiger partial charge in [0.1, 0.15) is 57.6 Å². The lowest BCUT2D eigenvalue weighted by molar-refractivity contribution is -0.158. The van der Waals surface area contributed by atoms with Crippen molar-refractivity contribution in [1.82, 2.24) is 19.8 Å². The van der Waals surface area contributed by atoms with Crippen molar-refractivity contribution in [3.8, 4) is 28.7 Å². The van der Waals surface area contributed by atoms with Crippen molar-refractivity contribution in [2.24, 2.45) is 65.1 Å².